The van der Waals surface area contributed by atoms with Crippen molar-refractivity contribution in [2.24, 2.45) is 0 Å². The number of hydrogen-bond acceptors (Lipinski definition) is 4. The van der Waals surface area contributed by atoms with Gasteiger partial charge in [0.15, 0.2) is 0 Å². The first-order valence-electron chi connectivity index (χ1n) is 10.8. The van der Waals surface area contributed by atoms with Crippen molar-refractivity contribution in [3.05, 3.63) is 94.5 Å². The lowest BCUT2D eigenvalue weighted by Gasteiger charge is -2.32. The van der Waals surface area contributed by atoms with Crippen LogP contribution in [-0.4, -0.2) is 38.2 Å². The molecule has 5 heteroatoms. The molecule has 4 nitrogen and oxygen atoms in total. The summed E-state index contributed by atoms with van der Waals surface area (Å²) in [6.07, 6.45) is 1.10. The molecule has 1 saturated heterocycles. The van der Waals surface area contributed by atoms with E-state index in [2.05, 4.69) is 40.5 Å². The number of hydrogen-bond donors (Lipinski definition) is 1. The van der Waals surface area contributed by atoms with Crippen LogP contribution in [0.15, 0.2) is 72.8 Å². The van der Waals surface area contributed by atoms with E-state index in [1.165, 1.54) is 5.56 Å². The Morgan fingerprint density at radius 1 is 0.968 bits per heavy atom. The standard InChI is InChI=1S/C26H29ClN2O2/c1-30-25-12-11-22(27)18-24(25)26(29-15-6-13-28-14-16-29)21-9-5-10-23(17-21)31-19-20-7-3-2-4-8-20/h2-5,7-12,17-18,26,28H,6,13-16,19H2,1H3. The van der Waals surface area contributed by atoms with Crippen molar-refractivity contribution in [2.75, 3.05) is 33.3 Å². The van der Waals surface area contributed by atoms with Gasteiger partial charge in [-0.15, -0.1) is 0 Å². The quantitative estimate of drug-likeness (QED) is 0.544. The minimum absolute atomic E-state index is 0.0359. The average molecular weight is 437 g/mol. The van der Waals surface area contributed by atoms with E-state index in [0.29, 0.717) is 11.6 Å². The Bertz CT molecular complexity index is 972. The first kappa shape index (κ1) is 21.7. The number of halogens is 1. The molecule has 0 aromatic heterocycles. The Labute approximate surface area is 189 Å². The first-order chi connectivity index (χ1) is 15.2. The Kier molecular flexibility index (Phi) is 7.47. The molecule has 162 valence electrons. The van der Waals surface area contributed by atoms with Crippen molar-refractivity contribution in [1.82, 2.24) is 10.2 Å². The number of rotatable bonds is 7. The zero-order chi connectivity index (χ0) is 21.5. The highest BCUT2D eigenvalue weighted by Crippen LogP contribution is 2.37. The van der Waals surface area contributed by atoms with E-state index in [-0.39, 0.29) is 6.04 Å². The fourth-order valence-electron chi connectivity index (χ4n) is 4.15. The van der Waals surface area contributed by atoms with Gasteiger partial charge in [0.2, 0.25) is 0 Å². The number of methoxy groups -OCH3 is 1. The molecular formula is C26H29ClN2O2. The van der Waals surface area contributed by atoms with Gasteiger partial charge in [0.25, 0.3) is 0 Å². The van der Waals surface area contributed by atoms with Crippen molar-refractivity contribution in [2.45, 2.75) is 19.1 Å². The zero-order valence-corrected chi connectivity index (χ0v) is 18.6. The van der Waals surface area contributed by atoms with Gasteiger partial charge in [-0.2, -0.15) is 0 Å². The van der Waals surface area contributed by atoms with Gasteiger partial charge in [0.05, 0.1) is 13.2 Å². The number of nitrogens with zero attached hydrogens (tertiary/aromatic N) is 1. The average Bonchev–Trinajstić information content (AvgIpc) is 3.09. The molecule has 1 heterocycles. The summed E-state index contributed by atoms with van der Waals surface area (Å²) in [5.41, 5.74) is 3.41. The van der Waals surface area contributed by atoms with Crippen molar-refractivity contribution < 1.29 is 9.47 Å². The third kappa shape index (κ3) is 5.59. The summed E-state index contributed by atoms with van der Waals surface area (Å²) in [6, 6.07) is 24.5. The zero-order valence-electron chi connectivity index (χ0n) is 17.9. The highest BCUT2D eigenvalue weighted by Gasteiger charge is 2.26. The summed E-state index contributed by atoms with van der Waals surface area (Å²) in [5, 5.41) is 4.21. The number of ether oxygens (including phenoxy) is 2. The number of nitrogens with one attached hydrogen (secondary N) is 1. The van der Waals surface area contributed by atoms with E-state index >= 15 is 0 Å². The minimum Gasteiger partial charge on any atom is -0.496 e. The Morgan fingerprint density at radius 3 is 2.68 bits per heavy atom. The number of benzene rings is 3. The smallest absolute Gasteiger partial charge is 0.124 e. The Balaban J connectivity index is 1.67. The summed E-state index contributed by atoms with van der Waals surface area (Å²) >= 11 is 6.41. The van der Waals surface area contributed by atoms with Gasteiger partial charge < -0.3 is 14.8 Å². The molecule has 1 fully saturated rings. The SMILES string of the molecule is COc1ccc(Cl)cc1C(c1cccc(OCc2ccccc2)c1)N1CCCNCC1. The first-order valence-corrected chi connectivity index (χ1v) is 11.2. The normalized spacial score (nSPS) is 15.8. The maximum atomic E-state index is 6.41. The maximum Gasteiger partial charge on any atom is 0.124 e. The molecule has 0 bridgehead atoms. The minimum atomic E-state index is 0.0359. The van der Waals surface area contributed by atoms with Crippen molar-refractivity contribution in [3.8, 4) is 11.5 Å². The third-order valence-corrected chi connectivity index (χ3v) is 5.88. The molecule has 1 atom stereocenters. The van der Waals surface area contributed by atoms with Gasteiger partial charge >= 0.3 is 0 Å². The summed E-state index contributed by atoms with van der Waals surface area (Å²) in [6.45, 7) is 4.50. The van der Waals surface area contributed by atoms with E-state index in [1.54, 1.807) is 7.11 Å². The third-order valence-electron chi connectivity index (χ3n) is 5.65. The molecule has 0 aliphatic carbocycles. The molecule has 4 rings (SSSR count). The fraction of sp³-hybridized carbons (Fsp3) is 0.308. The monoisotopic (exact) mass is 436 g/mol. The Morgan fingerprint density at radius 2 is 1.84 bits per heavy atom. The van der Waals surface area contributed by atoms with Crippen LogP contribution in [0, 0.1) is 0 Å². The molecule has 0 radical (unpaired) electrons. The van der Waals surface area contributed by atoms with Crippen molar-refractivity contribution in [1.29, 1.82) is 0 Å². The van der Waals surface area contributed by atoms with Crippen LogP contribution in [0.4, 0.5) is 0 Å². The van der Waals surface area contributed by atoms with Crippen LogP contribution < -0.4 is 14.8 Å². The Hall–Kier alpha value is -2.53. The maximum absolute atomic E-state index is 6.41. The summed E-state index contributed by atoms with van der Waals surface area (Å²) < 4.78 is 11.9. The summed E-state index contributed by atoms with van der Waals surface area (Å²) in [7, 11) is 1.72. The summed E-state index contributed by atoms with van der Waals surface area (Å²) in [4.78, 5) is 2.50. The van der Waals surface area contributed by atoms with E-state index in [0.717, 1.165) is 55.2 Å². The van der Waals surface area contributed by atoms with Crippen LogP contribution in [0.1, 0.15) is 29.2 Å². The van der Waals surface area contributed by atoms with Crippen molar-refractivity contribution >= 4 is 11.6 Å². The van der Waals surface area contributed by atoms with E-state index in [9.17, 15) is 0 Å². The van der Waals surface area contributed by atoms with Gasteiger partial charge in [0.1, 0.15) is 18.1 Å². The van der Waals surface area contributed by atoms with Crippen LogP contribution in [0.3, 0.4) is 0 Å². The van der Waals surface area contributed by atoms with Gasteiger partial charge in [-0.05, 0) is 54.4 Å². The van der Waals surface area contributed by atoms with E-state index in [4.69, 9.17) is 21.1 Å². The topological polar surface area (TPSA) is 33.7 Å². The van der Waals surface area contributed by atoms with Crippen LogP contribution in [0.5, 0.6) is 11.5 Å². The molecule has 3 aromatic carbocycles. The summed E-state index contributed by atoms with van der Waals surface area (Å²) in [5.74, 6) is 1.71. The van der Waals surface area contributed by atoms with Crippen LogP contribution in [0.2, 0.25) is 5.02 Å². The van der Waals surface area contributed by atoms with Gasteiger partial charge in [-0.3, -0.25) is 4.90 Å². The second-order valence-electron chi connectivity index (χ2n) is 7.78. The lowest BCUT2D eigenvalue weighted by molar-refractivity contribution is 0.235. The second kappa shape index (κ2) is 10.7. The lowest BCUT2D eigenvalue weighted by Crippen LogP contribution is -2.33. The molecule has 3 aromatic rings. The molecule has 1 aliphatic rings. The molecule has 1 aliphatic heterocycles. The lowest BCUT2D eigenvalue weighted by atomic mass is 9.95. The predicted molar refractivity (Wildman–Crippen MR) is 126 cm³/mol. The molecule has 0 saturated carbocycles. The van der Waals surface area contributed by atoms with E-state index < -0.39 is 0 Å². The predicted octanol–water partition coefficient (Wildman–Crippen LogP) is 5.31. The van der Waals surface area contributed by atoms with Crippen LogP contribution in [-0.2, 0) is 6.61 Å². The van der Waals surface area contributed by atoms with Crippen LogP contribution in [0.25, 0.3) is 0 Å². The highest BCUT2D eigenvalue weighted by molar-refractivity contribution is 6.30. The molecule has 0 spiro atoms. The largest absolute Gasteiger partial charge is 0.496 e. The van der Waals surface area contributed by atoms with Gasteiger partial charge in [-0.1, -0.05) is 54.1 Å². The fourth-order valence-corrected chi connectivity index (χ4v) is 4.33. The molecule has 1 unspecified atom stereocenters. The molecule has 1 N–H and O–H groups in total. The van der Waals surface area contributed by atoms with E-state index in [1.807, 2.05) is 42.5 Å². The molecule has 0 amide bonds. The van der Waals surface area contributed by atoms with Gasteiger partial charge in [-0.25, -0.2) is 0 Å². The second-order valence-corrected chi connectivity index (χ2v) is 8.21. The van der Waals surface area contributed by atoms with Gasteiger partial charge in [0, 0.05) is 30.2 Å². The molecule has 31 heavy (non-hydrogen) atoms. The van der Waals surface area contributed by atoms with Crippen molar-refractivity contribution in [3.63, 3.8) is 0 Å². The molecular weight excluding hydrogens is 408 g/mol. The highest BCUT2D eigenvalue weighted by atomic mass is 35.5. The van der Waals surface area contributed by atoms with Crippen LogP contribution >= 0.6 is 11.6 Å².